The molecule has 0 heterocycles. The summed E-state index contributed by atoms with van der Waals surface area (Å²) in [5, 5.41) is 17.4. The summed E-state index contributed by atoms with van der Waals surface area (Å²) in [5.74, 6) is 3.12. The van der Waals surface area contributed by atoms with E-state index >= 15 is 0 Å². The molecule has 0 spiro atoms. The Morgan fingerprint density at radius 1 is 0.387 bits per heavy atom. The number of carbonyl (C=O) groups excluding carboxylic acids is 6. The van der Waals surface area contributed by atoms with Crippen molar-refractivity contribution in [1.29, 1.82) is 0 Å². The number of hydrogen-bond donors (Lipinski definition) is 6. The van der Waals surface area contributed by atoms with Gasteiger partial charge in [0.05, 0.1) is 19.8 Å². The van der Waals surface area contributed by atoms with Crippen LogP contribution in [0.1, 0.15) is 277 Å². The van der Waals surface area contributed by atoms with Gasteiger partial charge in [0.2, 0.25) is 35.4 Å². The standard InChI is InChI=1S/C15H27NO2.C14H27NO2.C13H23NO2.C12H25NO2.C11H23NO2.C10H21NO2/c1-11(2)16-15(17)14(18-10-13-7-8-13)9-12-5-3-4-6-12;1-10(2)15-13(16)12(8-14(3,4)5)17-9-11-6-7-11;1-9(2)7-12(13(15)14-10(3)4)16-8-11-5-6-11;1-7-15-10(8-12(4,5)6)11(14)13-9(2)3;1-7-14-9(11(4,5)6)10(13)12-8(2)3;1-6-13-9(7(2)3)10(12)11-8(4)5/h11-14H,3-10H2,1-2H3,(H,16,17);10-12H,6-9H2,1-5H3,(H,15,16);10-12H,1,5-8H2,2-4H3,(H,14,15);9-10H,7-8H2,1-6H3,(H,13,14);8-9H,7H2,1-6H3,(H,12,13);7-9H,6H2,1-5H3,(H,11,12). The van der Waals surface area contributed by atoms with Gasteiger partial charge in [0.1, 0.15) is 36.6 Å². The average molecular weight is 1320 g/mol. The molecule has 18 nitrogen and oxygen atoms in total. The smallest absolute Gasteiger partial charge is 0.249 e. The van der Waals surface area contributed by atoms with Gasteiger partial charge in [-0.05, 0) is 214 Å². The molecule has 6 N–H and O–H groups in total. The summed E-state index contributed by atoms with van der Waals surface area (Å²) in [6.45, 7) is 61.8. The van der Waals surface area contributed by atoms with Crippen LogP contribution in [-0.4, -0.2) is 148 Å². The monoisotopic (exact) mass is 1320 g/mol. The van der Waals surface area contributed by atoms with Gasteiger partial charge in [0, 0.05) is 62.5 Å². The van der Waals surface area contributed by atoms with E-state index < -0.39 is 0 Å². The van der Waals surface area contributed by atoms with Crippen molar-refractivity contribution in [2.45, 2.75) is 350 Å². The van der Waals surface area contributed by atoms with E-state index in [0.29, 0.717) is 50.6 Å². The van der Waals surface area contributed by atoms with E-state index in [1.165, 1.54) is 64.2 Å². The lowest BCUT2D eigenvalue weighted by molar-refractivity contribution is -0.140. The minimum Gasteiger partial charge on any atom is -0.369 e. The second-order valence-electron chi connectivity index (χ2n) is 32.1. The van der Waals surface area contributed by atoms with E-state index in [1.807, 2.05) is 145 Å². The van der Waals surface area contributed by atoms with Crippen LogP contribution in [-0.2, 0) is 57.2 Å². The van der Waals surface area contributed by atoms with Crippen LogP contribution in [0.2, 0.25) is 0 Å². The molecule has 93 heavy (non-hydrogen) atoms. The van der Waals surface area contributed by atoms with E-state index in [4.69, 9.17) is 28.4 Å². The highest BCUT2D eigenvalue weighted by Gasteiger charge is 2.34. The van der Waals surface area contributed by atoms with E-state index in [9.17, 15) is 28.8 Å². The second-order valence-corrected chi connectivity index (χ2v) is 32.1. The zero-order chi connectivity index (χ0) is 72.0. The van der Waals surface area contributed by atoms with Crippen molar-refractivity contribution in [2.75, 3.05) is 39.6 Å². The van der Waals surface area contributed by atoms with Crippen molar-refractivity contribution in [3.63, 3.8) is 0 Å². The Balaban J connectivity index is 0. The SMILES string of the molecule is C=C(C)CC(OCC1CC1)C(=O)NC(C)C.CC(C)NC(=O)C(CC(C)(C)C)OCC1CC1.CC(C)NC(=O)C(CC1CCCC1)OCC1CC1.CCOC(C(=O)NC(C)C)C(C)(C)C.CCOC(C(=O)NC(C)C)C(C)C.CCOC(CC(C)(C)C)C(=O)NC(C)C. The first kappa shape index (κ1) is 91.4. The molecule has 4 saturated carbocycles. The van der Waals surface area contributed by atoms with Gasteiger partial charge in [-0.15, -0.1) is 6.58 Å². The fourth-order valence-corrected chi connectivity index (χ4v) is 9.59. The molecule has 0 bridgehead atoms. The Bertz CT molecular complexity index is 2040. The van der Waals surface area contributed by atoms with E-state index in [-0.39, 0.29) is 130 Å². The Kier molecular flexibility index (Phi) is 47.3. The Hall–Kier alpha value is -3.68. The predicted octanol–water partition coefficient (Wildman–Crippen LogP) is 13.8. The molecule has 0 saturated heterocycles. The summed E-state index contributed by atoms with van der Waals surface area (Å²) in [4.78, 5) is 71.1. The molecule has 0 aromatic rings. The third-order valence-corrected chi connectivity index (χ3v) is 14.5. The predicted molar refractivity (Wildman–Crippen MR) is 382 cm³/mol. The molecule has 0 aromatic carbocycles. The normalized spacial score (nSPS) is 16.9. The molecule has 0 aliphatic heterocycles. The summed E-state index contributed by atoms with van der Waals surface area (Å²) >= 11 is 0. The van der Waals surface area contributed by atoms with Crippen LogP contribution in [0.25, 0.3) is 0 Å². The van der Waals surface area contributed by atoms with Gasteiger partial charge in [-0.1, -0.05) is 107 Å². The maximum atomic E-state index is 12.1. The van der Waals surface area contributed by atoms with Gasteiger partial charge in [0.15, 0.2) is 0 Å². The summed E-state index contributed by atoms with van der Waals surface area (Å²) in [5.41, 5.74) is 1.05. The molecular weight excluding hydrogens is 1180 g/mol. The van der Waals surface area contributed by atoms with Crippen molar-refractivity contribution in [3.8, 4) is 0 Å². The lowest BCUT2D eigenvalue weighted by atomic mass is 9.88. The van der Waals surface area contributed by atoms with Gasteiger partial charge >= 0.3 is 0 Å². The van der Waals surface area contributed by atoms with E-state index in [2.05, 4.69) is 80.0 Å². The first-order chi connectivity index (χ1) is 42.9. The first-order valence-corrected chi connectivity index (χ1v) is 36.1. The Morgan fingerprint density at radius 3 is 0.989 bits per heavy atom. The van der Waals surface area contributed by atoms with Crippen LogP contribution in [0.3, 0.4) is 0 Å². The number of carbonyl (C=O) groups is 6. The van der Waals surface area contributed by atoms with Crippen LogP contribution in [0, 0.1) is 45.8 Å². The minimum absolute atomic E-state index is 0.00164. The summed E-state index contributed by atoms with van der Waals surface area (Å²) in [6, 6.07) is 1.04. The molecule has 18 heteroatoms. The zero-order valence-corrected chi connectivity index (χ0v) is 64.6. The molecule has 0 aromatic heterocycles. The molecule has 4 rings (SSSR count). The molecule has 548 valence electrons. The maximum Gasteiger partial charge on any atom is 0.249 e. The fraction of sp³-hybridized carbons (Fsp3) is 0.893. The molecule has 4 aliphatic rings. The molecular formula is C75H146N6O12. The van der Waals surface area contributed by atoms with Crippen LogP contribution in [0.4, 0.5) is 0 Å². The van der Waals surface area contributed by atoms with Crippen molar-refractivity contribution in [2.24, 2.45) is 45.8 Å². The largest absolute Gasteiger partial charge is 0.369 e. The van der Waals surface area contributed by atoms with Crippen LogP contribution >= 0.6 is 0 Å². The third kappa shape index (κ3) is 52.2. The Morgan fingerprint density at radius 2 is 0.688 bits per heavy atom. The van der Waals surface area contributed by atoms with Crippen LogP contribution < -0.4 is 31.9 Å². The minimum atomic E-state index is -0.366. The highest BCUT2D eigenvalue weighted by Crippen LogP contribution is 2.34. The highest BCUT2D eigenvalue weighted by atomic mass is 16.5. The lowest BCUT2D eigenvalue weighted by Crippen LogP contribution is -2.46. The fourth-order valence-electron chi connectivity index (χ4n) is 9.59. The van der Waals surface area contributed by atoms with Crippen molar-refractivity contribution < 1.29 is 57.2 Å². The second kappa shape index (κ2) is 48.1. The van der Waals surface area contributed by atoms with E-state index in [0.717, 1.165) is 44.0 Å². The maximum absolute atomic E-state index is 12.1. The van der Waals surface area contributed by atoms with Gasteiger partial charge < -0.3 is 60.3 Å². The van der Waals surface area contributed by atoms with Gasteiger partial charge in [-0.25, -0.2) is 0 Å². The molecule has 0 radical (unpaired) electrons. The third-order valence-electron chi connectivity index (χ3n) is 14.5. The first-order valence-electron chi connectivity index (χ1n) is 36.1. The van der Waals surface area contributed by atoms with Gasteiger partial charge in [0.25, 0.3) is 0 Å². The topological polar surface area (TPSA) is 230 Å². The average Bonchev–Trinajstić information content (AvgIpc) is 1.93. The number of rotatable bonds is 34. The summed E-state index contributed by atoms with van der Waals surface area (Å²) < 4.78 is 33.6. The summed E-state index contributed by atoms with van der Waals surface area (Å²) in [7, 11) is 0. The molecule has 6 unspecified atom stereocenters. The number of amides is 6. The van der Waals surface area contributed by atoms with Crippen molar-refractivity contribution >= 4 is 35.4 Å². The van der Waals surface area contributed by atoms with Crippen LogP contribution in [0.15, 0.2) is 12.2 Å². The molecule has 4 aliphatic carbocycles. The Labute approximate surface area is 569 Å². The highest BCUT2D eigenvalue weighted by molar-refractivity contribution is 5.83. The summed E-state index contributed by atoms with van der Waals surface area (Å²) in [6.07, 6.45) is 14.0. The molecule has 6 amide bonds. The molecule has 6 atom stereocenters. The quantitative estimate of drug-likeness (QED) is 0.0331. The lowest BCUT2D eigenvalue weighted by Gasteiger charge is -2.29. The van der Waals surface area contributed by atoms with Crippen LogP contribution in [0.5, 0.6) is 0 Å². The van der Waals surface area contributed by atoms with Crippen molar-refractivity contribution in [1.82, 2.24) is 31.9 Å². The van der Waals surface area contributed by atoms with Gasteiger partial charge in [-0.3, -0.25) is 28.8 Å². The number of hydrogen-bond acceptors (Lipinski definition) is 12. The van der Waals surface area contributed by atoms with Gasteiger partial charge in [-0.2, -0.15) is 0 Å². The van der Waals surface area contributed by atoms with Crippen molar-refractivity contribution in [3.05, 3.63) is 12.2 Å². The number of nitrogens with one attached hydrogen (secondary N) is 6. The molecule has 4 fully saturated rings. The number of ether oxygens (including phenoxy) is 6. The zero-order valence-electron chi connectivity index (χ0n) is 64.6. The van der Waals surface area contributed by atoms with E-state index in [1.54, 1.807) is 0 Å².